The second kappa shape index (κ2) is 7.79. The molecule has 4 nitrogen and oxygen atoms in total. The lowest BCUT2D eigenvalue weighted by Crippen LogP contribution is -2.25. The van der Waals surface area contributed by atoms with Gasteiger partial charge in [0.25, 0.3) is 0 Å². The molecule has 0 unspecified atom stereocenters. The van der Waals surface area contributed by atoms with Crippen molar-refractivity contribution in [2.45, 2.75) is 20.3 Å². The van der Waals surface area contributed by atoms with Gasteiger partial charge in [0.1, 0.15) is 0 Å². The molecule has 0 atom stereocenters. The van der Waals surface area contributed by atoms with Crippen LogP contribution in [0.1, 0.15) is 25.8 Å². The molecule has 4 heteroatoms. The molecular weight excluding hydrogens is 214 g/mol. The fourth-order valence-corrected chi connectivity index (χ4v) is 1.60. The van der Waals surface area contributed by atoms with Gasteiger partial charge in [-0.2, -0.15) is 0 Å². The molecule has 0 spiro atoms. The van der Waals surface area contributed by atoms with Crippen LogP contribution in [0.2, 0.25) is 0 Å². The molecule has 1 heterocycles. The van der Waals surface area contributed by atoms with Crippen LogP contribution in [0.3, 0.4) is 0 Å². The highest BCUT2D eigenvalue weighted by Crippen LogP contribution is 2.11. The maximum Gasteiger partial charge on any atom is 0.222 e. The Kier molecular flexibility index (Phi) is 6.25. The minimum atomic E-state index is 0.502. The number of hydrogen-bond donors (Lipinski definition) is 1. The van der Waals surface area contributed by atoms with E-state index in [0.29, 0.717) is 18.1 Å². The van der Waals surface area contributed by atoms with Crippen LogP contribution in [0, 0.1) is 5.41 Å². The average Bonchev–Trinajstić information content (AvgIpc) is 2.39. The van der Waals surface area contributed by atoms with Gasteiger partial charge in [0.2, 0.25) is 5.88 Å². The van der Waals surface area contributed by atoms with Crippen LogP contribution in [0.5, 0.6) is 5.88 Å². The van der Waals surface area contributed by atoms with Gasteiger partial charge in [0, 0.05) is 12.7 Å². The predicted molar refractivity (Wildman–Crippen MR) is 69.0 cm³/mol. The fourth-order valence-electron chi connectivity index (χ4n) is 1.60. The highest BCUT2D eigenvalue weighted by atomic mass is 16.5. The lowest BCUT2D eigenvalue weighted by Gasteiger charge is -2.17. The molecule has 1 radical (unpaired) electrons. The van der Waals surface area contributed by atoms with Gasteiger partial charge in [0.05, 0.1) is 18.4 Å². The maximum absolute atomic E-state index is 7.11. The van der Waals surface area contributed by atoms with Gasteiger partial charge in [-0.3, -0.25) is 5.41 Å². The number of hydrogen-bond acceptors (Lipinski definition) is 4. The first kappa shape index (κ1) is 13.6. The van der Waals surface area contributed by atoms with Crippen LogP contribution in [0.4, 0.5) is 0 Å². The molecule has 0 aliphatic heterocycles. The molecule has 93 valence electrons. The topological polar surface area (TPSA) is 49.2 Å². The van der Waals surface area contributed by atoms with Crippen molar-refractivity contribution in [2.75, 3.05) is 26.2 Å². The Morgan fingerprint density at radius 3 is 2.82 bits per heavy atom. The summed E-state index contributed by atoms with van der Waals surface area (Å²) in [4.78, 5) is 6.44. The van der Waals surface area contributed by atoms with E-state index in [1.54, 1.807) is 18.3 Å². The van der Waals surface area contributed by atoms with E-state index in [0.717, 1.165) is 26.1 Å². The van der Waals surface area contributed by atoms with Crippen molar-refractivity contribution >= 4 is 6.21 Å². The van der Waals surface area contributed by atoms with E-state index in [1.807, 2.05) is 0 Å². The molecule has 1 aromatic heterocycles. The van der Waals surface area contributed by atoms with Crippen LogP contribution in [0.25, 0.3) is 0 Å². The van der Waals surface area contributed by atoms with Gasteiger partial charge in [-0.25, -0.2) is 4.98 Å². The number of rotatable bonds is 8. The predicted octanol–water partition coefficient (Wildman–Crippen LogP) is 2.07. The summed E-state index contributed by atoms with van der Waals surface area (Å²) < 4.78 is 5.55. The zero-order chi connectivity index (χ0) is 12.5. The SMILES string of the molecule is CCN(CC)CCCOc1ncccc1[C]=N. The summed E-state index contributed by atoms with van der Waals surface area (Å²) >= 11 is 0. The van der Waals surface area contributed by atoms with Gasteiger partial charge in [0.15, 0.2) is 0 Å². The zero-order valence-electron chi connectivity index (χ0n) is 10.6. The van der Waals surface area contributed by atoms with Crippen LogP contribution in [0.15, 0.2) is 18.3 Å². The highest BCUT2D eigenvalue weighted by Gasteiger charge is 2.03. The van der Waals surface area contributed by atoms with Crippen molar-refractivity contribution in [3.63, 3.8) is 0 Å². The molecule has 0 fully saturated rings. The van der Waals surface area contributed by atoms with Crippen molar-refractivity contribution in [2.24, 2.45) is 0 Å². The quantitative estimate of drug-likeness (QED) is 0.553. The third-order valence-corrected chi connectivity index (χ3v) is 2.66. The Balaban J connectivity index is 2.33. The van der Waals surface area contributed by atoms with E-state index in [9.17, 15) is 0 Å². The molecular formula is C13H20N3O. The van der Waals surface area contributed by atoms with E-state index < -0.39 is 0 Å². The summed E-state index contributed by atoms with van der Waals surface area (Å²) in [6.45, 7) is 8.11. The largest absolute Gasteiger partial charge is 0.477 e. The van der Waals surface area contributed by atoms with Crippen molar-refractivity contribution < 1.29 is 4.74 Å². The number of pyridine rings is 1. The molecule has 0 saturated carbocycles. The fraction of sp³-hybridized carbons (Fsp3) is 0.538. The Morgan fingerprint density at radius 2 is 2.18 bits per heavy atom. The van der Waals surface area contributed by atoms with E-state index in [4.69, 9.17) is 10.1 Å². The highest BCUT2D eigenvalue weighted by molar-refractivity contribution is 5.79. The summed E-state index contributed by atoms with van der Waals surface area (Å²) in [6, 6.07) is 3.55. The Hall–Kier alpha value is -1.42. The van der Waals surface area contributed by atoms with Crippen LogP contribution in [-0.4, -0.2) is 42.3 Å². The van der Waals surface area contributed by atoms with Crippen molar-refractivity contribution in [3.05, 3.63) is 23.9 Å². The standard InChI is InChI=1S/C13H20N3O/c1-3-16(4-2)9-6-10-17-13-12(11-14)7-5-8-15-13/h5,7-8,14H,3-4,6,9-10H2,1-2H3. The Morgan fingerprint density at radius 1 is 1.41 bits per heavy atom. The van der Waals surface area contributed by atoms with E-state index in [-0.39, 0.29) is 0 Å². The van der Waals surface area contributed by atoms with Gasteiger partial charge in [-0.05, 0) is 31.6 Å². The zero-order valence-corrected chi connectivity index (χ0v) is 10.6. The van der Waals surface area contributed by atoms with E-state index in [2.05, 4.69) is 29.9 Å². The number of nitrogens with zero attached hydrogens (tertiary/aromatic N) is 2. The van der Waals surface area contributed by atoms with Crippen molar-refractivity contribution in [1.82, 2.24) is 9.88 Å². The normalized spacial score (nSPS) is 10.5. The van der Waals surface area contributed by atoms with E-state index in [1.165, 1.54) is 0 Å². The van der Waals surface area contributed by atoms with Crippen molar-refractivity contribution in [1.29, 1.82) is 5.41 Å². The van der Waals surface area contributed by atoms with Crippen LogP contribution < -0.4 is 4.74 Å². The second-order valence-corrected chi connectivity index (χ2v) is 3.71. The average molecular weight is 234 g/mol. The second-order valence-electron chi connectivity index (χ2n) is 3.71. The Labute approximate surface area is 103 Å². The lowest BCUT2D eigenvalue weighted by molar-refractivity contribution is 0.244. The van der Waals surface area contributed by atoms with Gasteiger partial charge in [-0.15, -0.1) is 0 Å². The van der Waals surface area contributed by atoms with E-state index >= 15 is 0 Å². The molecule has 17 heavy (non-hydrogen) atoms. The molecule has 0 amide bonds. The van der Waals surface area contributed by atoms with Crippen molar-refractivity contribution in [3.8, 4) is 5.88 Å². The number of aromatic nitrogens is 1. The summed E-state index contributed by atoms with van der Waals surface area (Å²) in [7, 11) is 0. The molecule has 0 bridgehead atoms. The van der Waals surface area contributed by atoms with Gasteiger partial charge < -0.3 is 9.64 Å². The molecule has 1 rings (SSSR count). The Bertz CT molecular complexity index is 337. The van der Waals surface area contributed by atoms with Gasteiger partial charge in [-0.1, -0.05) is 13.8 Å². The molecule has 0 aliphatic carbocycles. The first-order valence-corrected chi connectivity index (χ1v) is 6.04. The molecule has 0 aromatic carbocycles. The summed E-state index contributed by atoms with van der Waals surface area (Å²) in [5, 5.41) is 7.11. The minimum absolute atomic E-state index is 0.502. The monoisotopic (exact) mass is 234 g/mol. The van der Waals surface area contributed by atoms with Crippen LogP contribution >= 0.6 is 0 Å². The summed E-state index contributed by atoms with van der Waals surface area (Å²) in [6.07, 6.45) is 4.95. The smallest absolute Gasteiger partial charge is 0.222 e. The summed E-state index contributed by atoms with van der Waals surface area (Å²) in [5.41, 5.74) is 0.607. The number of ether oxygens (including phenoxy) is 1. The number of nitrogens with one attached hydrogen (secondary N) is 1. The minimum Gasteiger partial charge on any atom is -0.477 e. The summed E-state index contributed by atoms with van der Waals surface area (Å²) in [5.74, 6) is 0.502. The maximum atomic E-state index is 7.11. The molecule has 1 aromatic rings. The molecule has 0 aliphatic rings. The van der Waals surface area contributed by atoms with Gasteiger partial charge >= 0.3 is 0 Å². The molecule has 0 saturated heterocycles. The first-order chi connectivity index (χ1) is 8.31. The third kappa shape index (κ3) is 4.53. The third-order valence-electron chi connectivity index (χ3n) is 2.66. The first-order valence-electron chi connectivity index (χ1n) is 6.04. The molecule has 1 N–H and O–H groups in total. The lowest BCUT2D eigenvalue weighted by atomic mass is 10.3. The van der Waals surface area contributed by atoms with Crippen LogP contribution in [-0.2, 0) is 0 Å².